The fourth-order valence-corrected chi connectivity index (χ4v) is 5.87. The van der Waals surface area contributed by atoms with Crippen LogP contribution in [0.3, 0.4) is 0 Å². The third-order valence-corrected chi connectivity index (χ3v) is 7.73. The lowest BCUT2D eigenvalue weighted by Crippen LogP contribution is -2.39. The highest BCUT2D eigenvalue weighted by Crippen LogP contribution is 2.39. The van der Waals surface area contributed by atoms with Gasteiger partial charge in [-0.3, -0.25) is 0 Å². The van der Waals surface area contributed by atoms with Gasteiger partial charge in [-0.15, -0.1) is 13.2 Å². The molecule has 0 radical (unpaired) electrons. The second-order valence-corrected chi connectivity index (χ2v) is 9.41. The van der Waals surface area contributed by atoms with Crippen molar-refractivity contribution in [2.45, 2.75) is 38.3 Å². The Morgan fingerprint density at radius 1 is 1.21 bits per heavy atom. The number of benzene rings is 1. The number of fused-ring (bicyclic) bond motifs is 1. The first-order chi connectivity index (χ1) is 13.6. The monoisotopic (exact) mass is 424 g/mol. The molecule has 1 aliphatic rings. The summed E-state index contributed by atoms with van der Waals surface area (Å²) in [7, 11) is -3.68. The van der Waals surface area contributed by atoms with Crippen molar-refractivity contribution in [3.63, 3.8) is 0 Å². The molecular weight excluding hydrogens is 405 g/mol. The van der Waals surface area contributed by atoms with Gasteiger partial charge in [0.1, 0.15) is 5.75 Å². The Balaban J connectivity index is 1.90. The fourth-order valence-electron chi connectivity index (χ4n) is 3.78. The van der Waals surface area contributed by atoms with Crippen LogP contribution in [-0.2, 0) is 10.0 Å². The second-order valence-electron chi connectivity index (χ2n) is 7.38. The van der Waals surface area contributed by atoms with Crippen LogP contribution in [0, 0.1) is 12.8 Å². The van der Waals surface area contributed by atoms with Gasteiger partial charge in [0.15, 0.2) is 5.65 Å². The Morgan fingerprint density at radius 3 is 2.59 bits per heavy atom. The minimum Gasteiger partial charge on any atom is -0.406 e. The molecule has 0 amide bonds. The lowest BCUT2D eigenvalue weighted by Gasteiger charge is -2.33. The van der Waals surface area contributed by atoms with Crippen LogP contribution in [0.2, 0.25) is 0 Å². The van der Waals surface area contributed by atoms with E-state index in [9.17, 15) is 21.6 Å². The van der Waals surface area contributed by atoms with Crippen LogP contribution < -0.4 is 4.74 Å². The van der Waals surface area contributed by atoms with Gasteiger partial charge in [-0.25, -0.2) is 17.4 Å². The molecule has 1 saturated carbocycles. The summed E-state index contributed by atoms with van der Waals surface area (Å²) < 4.78 is 69.4. The molecule has 0 bridgehead atoms. The van der Waals surface area contributed by atoms with Crippen molar-refractivity contribution in [1.82, 2.24) is 8.96 Å². The van der Waals surface area contributed by atoms with E-state index in [0.29, 0.717) is 22.9 Å². The maximum absolute atomic E-state index is 13.2. The quantitative estimate of drug-likeness (QED) is 0.599. The molecule has 29 heavy (non-hydrogen) atoms. The smallest absolute Gasteiger partial charge is 0.406 e. The zero-order valence-electron chi connectivity index (χ0n) is 15.8. The van der Waals surface area contributed by atoms with E-state index in [1.165, 1.54) is 34.6 Å². The summed E-state index contributed by atoms with van der Waals surface area (Å²) in [6.07, 6.45) is -0.398. The highest BCUT2D eigenvalue weighted by molar-refractivity contribution is 7.90. The van der Waals surface area contributed by atoms with Crippen molar-refractivity contribution < 1.29 is 26.3 Å². The zero-order valence-corrected chi connectivity index (χ0v) is 16.6. The molecule has 4 rings (SSSR count). The topological polar surface area (TPSA) is 61.2 Å². The van der Waals surface area contributed by atoms with Crippen LogP contribution in [0.4, 0.5) is 13.2 Å². The van der Waals surface area contributed by atoms with Crippen LogP contribution in [0.15, 0.2) is 42.7 Å². The Labute approximate surface area is 166 Å². The lowest BCUT2D eigenvalue weighted by atomic mass is 9.87. The van der Waals surface area contributed by atoms with Crippen LogP contribution in [0.25, 0.3) is 22.2 Å². The van der Waals surface area contributed by atoms with E-state index in [1.54, 1.807) is 12.1 Å². The van der Waals surface area contributed by atoms with Gasteiger partial charge in [0, 0.05) is 23.3 Å². The number of ether oxygens (including phenoxy) is 1. The van der Waals surface area contributed by atoms with Gasteiger partial charge in [0.05, 0.1) is 5.25 Å². The first-order valence-corrected chi connectivity index (χ1v) is 10.7. The molecule has 1 fully saturated rings. The number of rotatable bonds is 4. The molecular formula is C20H19F3N2O3S. The minimum atomic E-state index is -4.81. The Kier molecular flexibility index (Phi) is 4.60. The van der Waals surface area contributed by atoms with E-state index < -0.39 is 21.6 Å². The standard InChI is InChI=1S/C20H19F3N2O3S/c1-12-6-7-17(12)29(26,27)25-11-16(18-13(2)8-9-24-19(18)25)14-4-3-5-15(10-14)28-20(21,22)23/h3-5,8-12,17H,6-7H2,1-2H3/t12-,17?/m1/s1. The predicted molar refractivity (Wildman–Crippen MR) is 103 cm³/mol. The second kappa shape index (κ2) is 6.76. The number of nitrogens with zero attached hydrogens (tertiary/aromatic N) is 2. The highest BCUT2D eigenvalue weighted by Gasteiger charge is 2.40. The van der Waals surface area contributed by atoms with E-state index >= 15 is 0 Å². The Hall–Kier alpha value is -2.55. The number of pyridine rings is 1. The summed E-state index contributed by atoms with van der Waals surface area (Å²) >= 11 is 0. The lowest BCUT2D eigenvalue weighted by molar-refractivity contribution is -0.274. The van der Waals surface area contributed by atoms with Crippen LogP contribution >= 0.6 is 0 Å². The summed E-state index contributed by atoms with van der Waals surface area (Å²) in [4.78, 5) is 4.27. The van der Waals surface area contributed by atoms with Crippen molar-refractivity contribution in [2.24, 2.45) is 5.92 Å². The van der Waals surface area contributed by atoms with Gasteiger partial charge < -0.3 is 4.74 Å². The van der Waals surface area contributed by atoms with Crippen molar-refractivity contribution in [2.75, 3.05) is 0 Å². The normalized spacial score (nSPS) is 19.9. The molecule has 0 N–H and O–H groups in total. The molecule has 1 aromatic carbocycles. The number of hydrogen-bond acceptors (Lipinski definition) is 4. The molecule has 5 nitrogen and oxygen atoms in total. The first kappa shape index (κ1) is 19.8. The number of hydrogen-bond donors (Lipinski definition) is 0. The minimum absolute atomic E-state index is 0.0502. The van der Waals surface area contributed by atoms with E-state index in [0.717, 1.165) is 12.0 Å². The highest BCUT2D eigenvalue weighted by atomic mass is 32.2. The largest absolute Gasteiger partial charge is 0.573 e. The zero-order chi connectivity index (χ0) is 21.0. The van der Waals surface area contributed by atoms with E-state index in [2.05, 4.69) is 9.72 Å². The molecule has 2 aromatic heterocycles. The molecule has 1 aliphatic carbocycles. The van der Waals surface area contributed by atoms with Crippen LogP contribution in [0.5, 0.6) is 5.75 Å². The molecule has 9 heteroatoms. The predicted octanol–water partition coefficient (Wildman–Crippen LogP) is 4.89. The SMILES string of the molecule is Cc1ccnc2c1c(-c1cccc(OC(F)(F)F)c1)cn2S(=O)(=O)C1CC[C@H]1C. The molecule has 2 heterocycles. The van der Waals surface area contributed by atoms with Crippen LogP contribution in [-0.4, -0.2) is 29.0 Å². The molecule has 3 aromatic rings. The third kappa shape index (κ3) is 3.48. The molecule has 1 unspecified atom stereocenters. The average molecular weight is 424 g/mol. The molecule has 2 atom stereocenters. The summed E-state index contributed by atoms with van der Waals surface area (Å²) in [5, 5.41) is 0.0976. The molecule has 0 aliphatic heterocycles. The third-order valence-electron chi connectivity index (χ3n) is 5.44. The van der Waals surface area contributed by atoms with Gasteiger partial charge in [-0.2, -0.15) is 0 Å². The van der Waals surface area contributed by atoms with Crippen molar-refractivity contribution >= 4 is 21.1 Å². The van der Waals surface area contributed by atoms with Gasteiger partial charge >= 0.3 is 6.36 Å². The van der Waals surface area contributed by atoms with Crippen molar-refractivity contribution in [3.05, 3.63) is 48.3 Å². The number of halogens is 3. The van der Waals surface area contributed by atoms with E-state index in [1.807, 2.05) is 13.8 Å². The number of aromatic nitrogens is 2. The number of aryl methyl sites for hydroxylation is 1. The Morgan fingerprint density at radius 2 is 1.97 bits per heavy atom. The summed E-state index contributed by atoms with van der Waals surface area (Å²) in [6.45, 7) is 3.71. The average Bonchev–Trinajstić information content (AvgIpc) is 3.01. The number of alkyl halides is 3. The van der Waals surface area contributed by atoms with Gasteiger partial charge in [-0.05, 0) is 55.0 Å². The summed E-state index contributed by atoms with van der Waals surface area (Å²) in [5.41, 5.74) is 1.97. The summed E-state index contributed by atoms with van der Waals surface area (Å²) in [5.74, 6) is -0.317. The maximum Gasteiger partial charge on any atom is 0.573 e. The summed E-state index contributed by atoms with van der Waals surface area (Å²) in [6, 6.07) is 7.25. The first-order valence-electron chi connectivity index (χ1n) is 9.15. The van der Waals surface area contributed by atoms with Gasteiger partial charge in [0.25, 0.3) is 0 Å². The van der Waals surface area contributed by atoms with E-state index in [-0.39, 0.29) is 17.3 Å². The van der Waals surface area contributed by atoms with Crippen molar-refractivity contribution in [3.8, 4) is 16.9 Å². The maximum atomic E-state index is 13.2. The Bertz CT molecular complexity index is 1190. The fraction of sp³-hybridized carbons (Fsp3) is 0.350. The van der Waals surface area contributed by atoms with Gasteiger partial charge in [0.2, 0.25) is 10.0 Å². The van der Waals surface area contributed by atoms with Gasteiger partial charge in [-0.1, -0.05) is 19.1 Å². The molecule has 154 valence electrons. The molecule has 0 spiro atoms. The van der Waals surface area contributed by atoms with E-state index in [4.69, 9.17) is 0 Å². The molecule has 0 saturated heterocycles. The van der Waals surface area contributed by atoms with Crippen molar-refractivity contribution in [1.29, 1.82) is 0 Å². The van der Waals surface area contributed by atoms with Crippen LogP contribution in [0.1, 0.15) is 25.3 Å².